The molecule has 10 heteroatoms. The number of hydrogen-bond donors (Lipinski definition) is 1. The minimum Gasteiger partial charge on any atom is -0.322 e. The van der Waals surface area contributed by atoms with E-state index in [2.05, 4.69) is 5.32 Å². The van der Waals surface area contributed by atoms with Crippen LogP contribution in [-0.4, -0.2) is 53.5 Å². The van der Waals surface area contributed by atoms with Gasteiger partial charge in [-0.1, -0.05) is 43.8 Å². The molecule has 0 aliphatic carbocycles. The van der Waals surface area contributed by atoms with E-state index in [1.165, 1.54) is 10.4 Å². The predicted molar refractivity (Wildman–Crippen MR) is 124 cm³/mol. The topological polar surface area (TPSA) is 104 Å². The van der Waals surface area contributed by atoms with Crippen LogP contribution in [0.5, 0.6) is 0 Å². The van der Waals surface area contributed by atoms with Crippen molar-refractivity contribution in [2.24, 2.45) is 0 Å². The monoisotopic (exact) mass is 475 g/mol. The highest BCUT2D eigenvalue weighted by Crippen LogP contribution is 2.25. The van der Waals surface area contributed by atoms with Gasteiger partial charge in [0.05, 0.1) is 17.2 Å². The van der Waals surface area contributed by atoms with Crippen molar-refractivity contribution in [1.29, 1.82) is 0 Å². The number of benzene rings is 2. The normalized spacial score (nSPS) is 14.3. The summed E-state index contributed by atoms with van der Waals surface area (Å²) < 4.78 is 27.2. The van der Waals surface area contributed by atoms with Crippen molar-refractivity contribution < 1.29 is 22.8 Å². The molecule has 1 heterocycles. The number of carbonyl (C=O) groups is 3. The number of anilines is 1. The lowest BCUT2D eigenvalue weighted by atomic mass is 10.1. The molecule has 0 aromatic heterocycles. The highest BCUT2D eigenvalue weighted by molar-refractivity contribution is 8.14. The Kier molecular flexibility index (Phi) is 7.37. The van der Waals surface area contributed by atoms with Crippen molar-refractivity contribution in [1.82, 2.24) is 9.21 Å². The summed E-state index contributed by atoms with van der Waals surface area (Å²) in [5.74, 6) is -0.544. The van der Waals surface area contributed by atoms with E-state index in [4.69, 9.17) is 0 Å². The lowest BCUT2D eigenvalue weighted by Crippen LogP contribution is -2.31. The van der Waals surface area contributed by atoms with Gasteiger partial charge >= 0.3 is 0 Å². The highest BCUT2D eigenvalue weighted by Gasteiger charge is 2.30. The Morgan fingerprint density at radius 2 is 1.84 bits per heavy atom. The summed E-state index contributed by atoms with van der Waals surface area (Å²) in [6.07, 6.45) is 0. The SMILES string of the molecule is CCN(CC)S(=O)(=O)c1cc(NC(=O)c2cccc(CN3C(=O)CSC3=O)c2)ccc1C. The van der Waals surface area contributed by atoms with Crippen LogP contribution in [0.25, 0.3) is 0 Å². The fourth-order valence-electron chi connectivity index (χ4n) is 3.39. The molecule has 0 spiro atoms. The van der Waals surface area contributed by atoms with Gasteiger partial charge in [0.25, 0.3) is 11.1 Å². The Bertz CT molecular complexity index is 1140. The highest BCUT2D eigenvalue weighted by atomic mass is 32.2. The van der Waals surface area contributed by atoms with Crippen molar-refractivity contribution in [3.8, 4) is 0 Å². The number of imide groups is 1. The van der Waals surface area contributed by atoms with Crippen molar-refractivity contribution in [3.63, 3.8) is 0 Å². The molecule has 0 saturated carbocycles. The maximum Gasteiger partial charge on any atom is 0.289 e. The summed E-state index contributed by atoms with van der Waals surface area (Å²) in [6.45, 7) is 6.06. The second kappa shape index (κ2) is 9.85. The fraction of sp³-hybridized carbons (Fsp3) is 0.318. The maximum absolute atomic E-state index is 12.9. The average molecular weight is 476 g/mol. The minimum absolute atomic E-state index is 0.0998. The second-order valence-electron chi connectivity index (χ2n) is 7.26. The number of nitrogens with one attached hydrogen (secondary N) is 1. The summed E-state index contributed by atoms with van der Waals surface area (Å²) in [5.41, 5.74) is 1.94. The Labute approximate surface area is 192 Å². The molecule has 1 fully saturated rings. The van der Waals surface area contributed by atoms with Crippen LogP contribution < -0.4 is 5.32 Å². The van der Waals surface area contributed by atoms with E-state index < -0.39 is 15.9 Å². The molecule has 1 aliphatic heterocycles. The van der Waals surface area contributed by atoms with Gasteiger partial charge in [-0.2, -0.15) is 4.31 Å². The number of hydrogen-bond acceptors (Lipinski definition) is 6. The van der Waals surface area contributed by atoms with E-state index in [0.717, 1.165) is 16.7 Å². The van der Waals surface area contributed by atoms with Gasteiger partial charge < -0.3 is 5.32 Å². The second-order valence-corrected chi connectivity index (χ2v) is 10.1. The molecular weight excluding hydrogens is 450 g/mol. The quantitative estimate of drug-likeness (QED) is 0.627. The third-order valence-electron chi connectivity index (χ3n) is 5.14. The summed E-state index contributed by atoms with van der Waals surface area (Å²) in [5, 5.41) is 2.44. The largest absolute Gasteiger partial charge is 0.322 e. The standard InChI is InChI=1S/C22H25N3O5S2/c1-4-24(5-2)32(29,30)19-12-18(10-9-15(19)3)23-21(27)17-8-6-7-16(11-17)13-25-20(26)14-31-22(25)28/h6-12H,4-5,13-14H2,1-3H3,(H,23,27). The van der Waals surface area contributed by atoms with E-state index in [0.29, 0.717) is 35.5 Å². The molecule has 8 nitrogen and oxygen atoms in total. The van der Waals surface area contributed by atoms with E-state index in [1.54, 1.807) is 57.2 Å². The van der Waals surface area contributed by atoms with Crippen LogP contribution >= 0.6 is 11.8 Å². The maximum atomic E-state index is 12.9. The lowest BCUT2D eigenvalue weighted by molar-refractivity contribution is -0.125. The molecule has 1 N–H and O–H groups in total. The molecule has 0 bridgehead atoms. The summed E-state index contributed by atoms with van der Waals surface area (Å²) in [6, 6.07) is 11.4. The number of amides is 3. The van der Waals surface area contributed by atoms with Gasteiger partial charge in [-0.3, -0.25) is 19.3 Å². The van der Waals surface area contributed by atoms with Crippen molar-refractivity contribution in [2.45, 2.75) is 32.2 Å². The first-order valence-electron chi connectivity index (χ1n) is 10.2. The number of aryl methyl sites for hydroxylation is 1. The molecule has 2 aromatic carbocycles. The van der Waals surface area contributed by atoms with Gasteiger partial charge in [0.2, 0.25) is 15.9 Å². The van der Waals surface area contributed by atoms with Crippen LogP contribution in [0.3, 0.4) is 0 Å². The van der Waals surface area contributed by atoms with E-state index in [-0.39, 0.29) is 28.3 Å². The first kappa shape index (κ1) is 24.0. The summed E-state index contributed by atoms with van der Waals surface area (Å²) in [4.78, 5) is 37.8. The molecule has 170 valence electrons. The molecular formula is C22H25N3O5S2. The Morgan fingerprint density at radius 3 is 2.47 bits per heavy atom. The molecule has 1 aliphatic rings. The van der Waals surface area contributed by atoms with Gasteiger partial charge in [0, 0.05) is 24.3 Å². The van der Waals surface area contributed by atoms with Gasteiger partial charge in [0.15, 0.2) is 0 Å². The molecule has 0 radical (unpaired) electrons. The van der Waals surface area contributed by atoms with Crippen LogP contribution in [0.15, 0.2) is 47.4 Å². The van der Waals surface area contributed by atoms with Crippen LogP contribution in [-0.2, 0) is 21.4 Å². The van der Waals surface area contributed by atoms with E-state index in [1.807, 2.05) is 0 Å². The number of rotatable bonds is 8. The molecule has 32 heavy (non-hydrogen) atoms. The predicted octanol–water partition coefficient (Wildman–Crippen LogP) is 3.47. The minimum atomic E-state index is -3.67. The van der Waals surface area contributed by atoms with Crippen LogP contribution in [0, 0.1) is 6.92 Å². The number of nitrogens with zero attached hydrogens (tertiary/aromatic N) is 2. The third-order valence-corrected chi connectivity index (χ3v) is 8.19. The molecule has 2 aromatic rings. The summed E-state index contributed by atoms with van der Waals surface area (Å²) in [7, 11) is -3.67. The summed E-state index contributed by atoms with van der Waals surface area (Å²) >= 11 is 0.960. The molecule has 1 saturated heterocycles. The average Bonchev–Trinajstić information content (AvgIpc) is 3.08. The Hall–Kier alpha value is -2.69. The molecule has 0 unspecified atom stereocenters. The Balaban J connectivity index is 1.81. The fourth-order valence-corrected chi connectivity index (χ4v) is 5.82. The third kappa shape index (κ3) is 5.03. The number of carbonyl (C=O) groups excluding carboxylic acids is 3. The van der Waals surface area contributed by atoms with Crippen LogP contribution in [0.2, 0.25) is 0 Å². The van der Waals surface area contributed by atoms with Crippen molar-refractivity contribution in [2.75, 3.05) is 24.2 Å². The zero-order valence-electron chi connectivity index (χ0n) is 18.1. The molecule has 3 amide bonds. The van der Waals surface area contributed by atoms with Gasteiger partial charge in [0.1, 0.15) is 0 Å². The zero-order chi connectivity index (χ0) is 23.5. The smallest absolute Gasteiger partial charge is 0.289 e. The first-order valence-corrected chi connectivity index (χ1v) is 12.6. The molecule has 0 atom stereocenters. The van der Waals surface area contributed by atoms with Crippen LogP contribution in [0.4, 0.5) is 10.5 Å². The van der Waals surface area contributed by atoms with Crippen molar-refractivity contribution >= 4 is 44.5 Å². The molecule has 3 rings (SSSR count). The number of thioether (sulfide) groups is 1. The number of sulfonamides is 1. The van der Waals surface area contributed by atoms with Crippen molar-refractivity contribution in [3.05, 3.63) is 59.2 Å². The van der Waals surface area contributed by atoms with Gasteiger partial charge in [-0.15, -0.1) is 0 Å². The zero-order valence-corrected chi connectivity index (χ0v) is 19.8. The Morgan fingerprint density at radius 1 is 1.12 bits per heavy atom. The lowest BCUT2D eigenvalue weighted by Gasteiger charge is -2.20. The van der Waals surface area contributed by atoms with Gasteiger partial charge in [-0.25, -0.2) is 8.42 Å². The van der Waals surface area contributed by atoms with E-state index in [9.17, 15) is 22.8 Å². The first-order chi connectivity index (χ1) is 15.2. The van der Waals surface area contributed by atoms with Gasteiger partial charge in [-0.05, 0) is 42.3 Å². The van der Waals surface area contributed by atoms with E-state index >= 15 is 0 Å². The van der Waals surface area contributed by atoms with Crippen LogP contribution in [0.1, 0.15) is 35.3 Å².